The molecule has 1 fully saturated rings. The molecular weight excluding hydrogens is 252 g/mol. The van der Waals surface area contributed by atoms with Crippen molar-refractivity contribution in [1.29, 1.82) is 0 Å². The number of nitrogens with one attached hydrogen (secondary N) is 1. The number of rotatable bonds is 4. The molecule has 1 aromatic carbocycles. The number of benzene rings is 1. The van der Waals surface area contributed by atoms with Gasteiger partial charge >= 0.3 is 0 Å². The van der Waals surface area contributed by atoms with Gasteiger partial charge in [0.25, 0.3) is 0 Å². The zero-order valence-electron chi connectivity index (χ0n) is 11.7. The molecule has 2 unspecified atom stereocenters. The molecular formula is C15H20N4O. The molecule has 3 N–H and O–H groups in total. The van der Waals surface area contributed by atoms with E-state index in [4.69, 9.17) is 10.5 Å². The third-order valence-corrected chi connectivity index (χ3v) is 3.88. The van der Waals surface area contributed by atoms with E-state index in [1.165, 1.54) is 0 Å². The minimum absolute atomic E-state index is 0.345. The molecule has 3 rings (SSSR count). The average Bonchev–Trinajstić information content (AvgIpc) is 2.92. The van der Waals surface area contributed by atoms with Crippen molar-refractivity contribution in [3.05, 3.63) is 24.3 Å². The lowest BCUT2D eigenvalue weighted by atomic mass is 10.00. The predicted octanol–water partition coefficient (Wildman–Crippen LogP) is 2.44. The van der Waals surface area contributed by atoms with Crippen molar-refractivity contribution in [3.8, 4) is 0 Å². The summed E-state index contributed by atoms with van der Waals surface area (Å²) in [5.74, 6) is 1.65. The Morgan fingerprint density at radius 3 is 2.80 bits per heavy atom. The first kappa shape index (κ1) is 13.1. The van der Waals surface area contributed by atoms with Gasteiger partial charge in [0.05, 0.1) is 17.1 Å². The number of nitrogens with zero attached hydrogens (tertiary/aromatic N) is 2. The summed E-state index contributed by atoms with van der Waals surface area (Å²) < 4.78 is 5.70. The summed E-state index contributed by atoms with van der Waals surface area (Å²) >= 11 is 0. The molecule has 5 nitrogen and oxygen atoms in total. The Hall–Kier alpha value is -1.88. The third kappa shape index (κ3) is 2.54. The Labute approximate surface area is 118 Å². The van der Waals surface area contributed by atoms with Crippen LogP contribution in [0.5, 0.6) is 0 Å². The lowest BCUT2D eigenvalue weighted by Crippen LogP contribution is -2.23. The second-order valence-corrected chi connectivity index (χ2v) is 5.19. The molecule has 106 valence electrons. The lowest BCUT2D eigenvalue weighted by Gasteiger charge is -2.18. The maximum atomic E-state index is 5.97. The van der Waals surface area contributed by atoms with E-state index in [1.807, 2.05) is 24.3 Å². The molecule has 0 radical (unpaired) electrons. The van der Waals surface area contributed by atoms with Crippen LogP contribution < -0.4 is 11.1 Å². The number of nitrogens with two attached hydrogens (primary N) is 1. The van der Waals surface area contributed by atoms with E-state index in [0.29, 0.717) is 23.7 Å². The molecule has 0 bridgehead atoms. The topological polar surface area (TPSA) is 73.1 Å². The standard InChI is InChI=1S/C15H20N4O/c1-2-13-10(7-8-20-13)9-17-15-14(16)18-11-5-3-4-6-12(11)19-15/h3-6,10,13H,2,7-9H2,1H3,(H2,16,18)(H,17,19). The molecule has 0 aliphatic carbocycles. The first-order valence-corrected chi connectivity index (χ1v) is 7.15. The molecule has 0 amide bonds. The summed E-state index contributed by atoms with van der Waals surface area (Å²) in [5.41, 5.74) is 7.66. The Kier molecular flexibility index (Phi) is 3.69. The second-order valence-electron chi connectivity index (χ2n) is 5.19. The van der Waals surface area contributed by atoms with Crippen molar-refractivity contribution in [2.24, 2.45) is 5.92 Å². The van der Waals surface area contributed by atoms with Crippen molar-refractivity contribution in [3.63, 3.8) is 0 Å². The van der Waals surface area contributed by atoms with Crippen molar-refractivity contribution in [2.75, 3.05) is 24.2 Å². The Bertz CT molecular complexity index is 601. The quantitative estimate of drug-likeness (QED) is 0.894. The van der Waals surface area contributed by atoms with Gasteiger partial charge in [-0.25, -0.2) is 9.97 Å². The minimum atomic E-state index is 0.345. The molecule has 0 spiro atoms. The van der Waals surface area contributed by atoms with E-state index in [2.05, 4.69) is 22.2 Å². The smallest absolute Gasteiger partial charge is 0.169 e. The van der Waals surface area contributed by atoms with Crippen LogP contribution in [0.1, 0.15) is 19.8 Å². The Morgan fingerprint density at radius 2 is 2.05 bits per heavy atom. The van der Waals surface area contributed by atoms with Gasteiger partial charge in [0.15, 0.2) is 11.6 Å². The molecule has 1 aromatic heterocycles. The van der Waals surface area contributed by atoms with Crippen LogP contribution in [0.15, 0.2) is 24.3 Å². The van der Waals surface area contributed by atoms with Gasteiger partial charge in [0.1, 0.15) is 0 Å². The molecule has 2 atom stereocenters. The van der Waals surface area contributed by atoms with Crippen LogP contribution in [0.3, 0.4) is 0 Å². The summed E-state index contributed by atoms with van der Waals surface area (Å²) in [7, 11) is 0. The SMILES string of the molecule is CCC1OCCC1CNc1nc2ccccc2nc1N. The van der Waals surface area contributed by atoms with Crippen LogP contribution >= 0.6 is 0 Å². The van der Waals surface area contributed by atoms with Crippen LogP contribution in [0.4, 0.5) is 11.6 Å². The second kappa shape index (κ2) is 5.63. The van der Waals surface area contributed by atoms with Crippen LogP contribution in [-0.2, 0) is 4.74 Å². The van der Waals surface area contributed by atoms with Gasteiger partial charge in [-0.15, -0.1) is 0 Å². The first-order chi connectivity index (χ1) is 9.78. The van der Waals surface area contributed by atoms with E-state index < -0.39 is 0 Å². The summed E-state index contributed by atoms with van der Waals surface area (Å²) in [6, 6.07) is 7.75. The fourth-order valence-corrected chi connectivity index (χ4v) is 2.75. The molecule has 5 heteroatoms. The number of ether oxygens (including phenoxy) is 1. The number of anilines is 2. The van der Waals surface area contributed by atoms with Crippen LogP contribution in [-0.4, -0.2) is 29.2 Å². The Balaban J connectivity index is 1.75. The van der Waals surface area contributed by atoms with Crippen molar-refractivity contribution in [1.82, 2.24) is 9.97 Å². The van der Waals surface area contributed by atoms with Gasteiger partial charge in [-0.3, -0.25) is 0 Å². The van der Waals surface area contributed by atoms with Crippen molar-refractivity contribution in [2.45, 2.75) is 25.9 Å². The van der Waals surface area contributed by atoms with Gasteiger partial charge in [0, 0.05) is 19.1 Å². The maximum absolute atomic E-state index is 5.97. The number of fused-ring (bicyclic) bond motifs is 1. The maximum Gasteiger partial charge on any atom is 0.169 e. The molecule has 2 aromatic rings. The molecule has 1 saturated heterocycles. The van der Waals surface area contributed by atoms with Gasteiger partial charge in [-0.05, 0) is 25.0 Å². The van der Waals surface area contributed by atoms with E-state index in [9.17, 15) is 0 Å². The number of nitrogen functional groups attached to an aromatic ring is 1. The lowest BCUT2D eigenvalue weighted by molar-refractivity contribution is 0.0900. The summed E-state index contributed by atoms with van der Waals surface area (Å²) in [6.07, 6.45) is 2.48. The summed E-state index contributed by atoms with van der Waals surface area (Å²) in [4.78, 5) is 8.93. The highest BCUT2D eigenvalue weighted by Gasteiger charge is 2.26. The highest BCUT2D eigenvalue weighted by Crippen LogP contribution is 2.25. The summed E-state index contributed by atoms with van der Waals surface area (Å²) in [5, 5.41) is 3.33. The fraction of sp³-hybridized carbons (Fsp3) is 0.467. The normalized spacial score (nSPS) is 22.2. The summed E-state index contributed by atoms with van der Waals surface area (Å²) in [6.45, 7) is 3.84. The Morgan fingerprint density at radius 1 is 1.30 bits per heavy atom. The van der Waals surface area contributed by atoms with E-state index in [0.717, 1.165) is 37.0 Å². The predicted molar refractivity (Wildman–Crippen MR) is 80.6 cm³/mol. The molecule has 1 aliphatic heterocycles. The van der Waals surface area contributed by atoms with Gasteiger partial charge < -0.3 is 15.8 Å². The average molecular weight is 272 g/mol. The monoisotopic (exact) mass is 272 g/mol. The van der Waals surface area contributed by atoms with Crippen LogP contribution in [0.25, 0.3) is 11.0 Å². The molecule has 1 aliphatic rings. The van der Waals surface area contributed by atoms with Crippen LogP contribution in [0.2, 0.25) is 0 Å². The van der Waals surface area contributed by atoms with E-state index >= 15 is 0 Å². The number of hydrogen-bond acceptors (Lipinski definition) is 5. The number of hydrogen-bond donors (Lipinski definition) is 2. The highest BCUT2D eigenvalue weighted by molar-refractivity contribution is 5.79. The molecule has 2 heterocycles. The largest absolute Gasteiger partial charge is 0.381 e. The molecule has 20 heavy (non-hydrogen) atoms. The highest BCUT2D eigenvalue weighted by atomic mass is 16.5. The number of para-hydroxylation sites is 2. The van der Waals surface area contributed by atoms with E-state index in [1.54, 1.807) is 0 Å². The van der Waals surface area contributed by atoms with Crippen LogP contribution in [0, 0.1) is 5.92 Å². The van der Waals surface area contributed by atoms with Crippen molar-refractivity contribution >= 4 is 22.7 Å². The van der Waals surface area contributed by atoms with Gasteiger partial charge in [-0.2, -0.15) is 0 Å². The van der Waals surface area contributed by atoms with Gasteiger partial charge in [-0.1, -0.05) is 19.1 Å². The third-order valence-electron chi connectivity index (χ3n) is 3.88. The molecule has 0 saturated carbocycles. The van der Waals surface area contributed by atoms with E-state index in [-0.39, 0.29) is 0 Å². The van der Waals surface area contributed by atoms with Crippen molar-refractivity contribution < 1.29 is 4.74 Å². The number of aromatic nitrogens is 2. The first-order valence-electron chi connectivity index (χ1n) is 7.15. The zero-order chi connectivity index (χ0) is 13.9. The minimum Gasteiger partial charge on any atom is -0.381 e. The van der Waals surface area contributed by atoms with Gasteiger partial charge in [0.2, 0.25) is 0 Å². The zero-order valence-corrected chi connectivity index (χ0v) is 11.7. The fourth-order valence-electron chi connectivity index (χ4n) is 2.75.